The summed E-state index contributed by atoms with van der Waals surface area (Å²) in [5.74, 6) is 0. The van der Waals surface area contributed by atoms with E-state index in [9.17, 15) is 4.79 Å². The minimum atomic E-state index is -0.168. The number of ether oxygens (including phenoxy) is 1. The zero-order valence-electron chi connectivity index (χ0n) is 9.83. The second-order valence-corrected chi connectivity index (χ2v) is 4.71. The Bertz CT molecular complexity index is 232. The molecule has 2 aliphatic heterocycles. The fourth-order valence-electron chi connectivity index (χ4n) is 2.75. The van der Waals surface area contributed by atoms with Crippen LogP contribution in [-0.2, 0) is 4.74 Å². The third kappa shape index (κ3) is 2.80. The van der Waals surface area contributed by atoms with Gasteiger partial charge in [-0.05, 0) is 44.2 Å². The van der Waals surface area contributed by atoms with Crippen LogP contribution in [0.2, 0.25) is 0 Å². The number of amides is 1. The first-order valence-electron chi connectivity index (χ1n) is 5.79. The number of rotatable bonds is 0. The molecule has 0 aromatic carbocycles. The fourth-order valence-corrected chi connectivity index (χ4v) is 2.75. The van der Waals surface area contributed by atoms with Crippen molar-refractivity contribution in [1.29, 1.82) is 0 Å². The molecule has 1 amide bonds. The predicted molar refractivity (Wildman–Crippen MR) is 65.0 cm³/mol. The molecule has 2 aliphatic rings. The van der Waals surface area contributed by atoms with Gasteiger partial charge in [0.25, 0.3) is 0 Å². The number of nitrogens with zero attached hydrogens (tertiary/aromatic N) is 1. The highest BCUT2D eigenvalue weighted by molar-refractivity contribution is 5.85. The molecule has 5 heteroatoms. The number of likely N-dealkylation sites (tertiary alicyclic amines) is 1. The Hall–Kier alpha value is -0.480. The Morgan fingerprint density at radius 3 is 2.25 bits per heavy atom. The largest absolute Gasteiger partial charge is 0.453 e. The van der Waals surface area contributed by atoms with Crippen molar-refractivity contribution in [3.8, 4) is 0 Å². The Morgan fingerprint density at radius 2 is 1.75 bits per heavy atom. The van der Waals surface area contributed by atoms with Crippen LogP contribution < -0.4 is 5.32 Å². The zero-order valence-corrected chi connectivity index (χ0v) is 10.6. The van der Waals surface area contributed by atoms with Gasteiger partial charge in [0.1, 0.15) is 0 Å². The maximum Gasteiger partial charge on any atom is 0.409 e. The van der Waals surface area contributed by atoms with E-state index in [1.807, 2.05) is 4.90 Å². The first kappa shape index (κ1) is 13.6. The first-order valence-corrected chi connectivity index (χ1v) is 5.79. The number of carbonyl (C=O) groups is 1. The van der Waals surface area contributed by atoms with Gasteiger partial charge in [-0.1, -0.05) is 0 Å². The number of hydrogen-bond acceptors (Lipinski definition) is 3. The molecular formula is C11H21ClN2O2. The van der Waals surface area contributed by atoms with Crippen molar-refractivity contribution in [3.05, 3.63) is 0 Å². The number of piperidine rings is 2. The van der Waals surface area contributed by atoms with Gasteiger partial charge in [0.2, 0.25) is 0 Å². The Balaban J connectivity index is 0.00000128. The third-order valence-corrected chi connectivity index (χ3v) is 3.92. The molecule has 0 unspecified atom stereocenters. The lowest BCUT2D eigenvalue weighted by molar-refractivity contribution is 0.0610. The minimum absolute atomic E-state index is 0. The standard InChI is InChI=1S/C11H20N2O2.ClH/c1-15-10(14)13-8-4-11(5-9-13)2-6-12-7-3-11;/h12H,2-9H2,1H3;1H. The van der Waals surface area contributed by atoms with E-state index in [4.69, 9.17) is 4.74 Å². The van der Waals surface area contributed by atoms with Crippen molar-refractivity contribution in [2.24, 2.45) is 5.41 Å². The average molecular weight is 249 g/mol. The fraction of sp³-hybridized carbons (Fsp3) is 0.909. The Morgan fingerprint density at radius 1 is 1.19 bits per heavy atom. The van der Waals surface area contributed by atoms with E-state index in [1.165, 1.54) is 20.0 Å². The quantitative estimate of drug-likeness (QED) is 0.709. The summed E-state index contributed by atoms with van der Waals surface area (Å²) in [6.45, 7) is 4.01. The Kier molecular flexibility index (Phi) is 4.87. The summed E-state index contributed by atoms with van der Waals surface area (Å²) in [6.07, 6.45) is 4.65. The zero-order chi connectivity index (χ0) is 10.7. The molecule has 2 saturated heterocycles. The van der Waals surface area contributed by atoms with E-state index in [2.05, 4.69) is 5.32 Å². The van der Waals surface area contributed by atoms with Gasteiger partial charge in [0.05, 0.1) is 7.11 Å². The molecule has 0 aromatic heterocycles. The van der Waals surface area contributed by atoms with Gasteiger partial charge >= 0.3 is 6.09 Å². The lowest BCUT2D eigenvalue weighted by atomic mass is 9.72. The highest BCUT2D eigenvalue weighted by atomic mass is 35.5. The highest BCUT2D eigenvalue weighted by Crippen LogP contribution is 2.39. The molecule has 1 spiro atoms. The van der Waals surface area contributed by atoms with E-state index < -0.39 is 0 Å². The monoisotopic (exact) mass is 248 g/mol. The van der Waals surface area contributed by atoms with E-state index >= 15 is 0 Å². The molecule has 2 fully saturated rings. The van der Waals surface area contributed by atoms with Crippen LogP contribution in [0.4, 0.5) is 4.79 Å². The molecule has 1 N–H and O–H groups in total. The van der Waals surface area contributed by atoms with Gasteiger partial charge in [0.15, 0.2) is 0 Å². The average Bonchev–Trinajstić information content (AvgIpc) is 2.30. The van der Waals surface area contributed by atoms with Crippen LogP contribution in [0.1, 0.15) is 25.7 Å². The third-order valence-electron chi connectivity index (χ3n) is 3.92. The summed E-state index contributed by atoms with van der Waals surface area (Å²) in [6, 6.07) is 0. The van der Waals surface area contributed by atoms with Crippen LogP contribution in [0.25, 0.3) is 0 Å². The lowest BCUT2D eigenvalue weighted by Gasteiger charge is -2.43. The van der Waals surface area contributed by atoms with E-state index in [-0.39, 0.29) is 18.5 Å². The molecular weight excluding hydrogens is 228 g/mol. The van der Waals surface area contributed by atoms with Crippen LogP contribution in [0.5, 0.6) is 0 Å². The van der Waals surface area contributed by atoms with Crippen LogP contribution in [0.15, 0.2) is 0 Å². The van der Waals surface area contributed by atoms with Crippen LogP contribution >= 0.6 is 12.4 Å². The van der Waals surface area contributed by atoms with Crippen LogP contribution in [0, 0.1) is 5.41 Å². The smallest absolute Gasteiger partial charge is 0.409 e. The topological polar surface area (TPSA) is 41.6 Å². The molecule has 2 rings (SSSR count). The molecule has 2 heterocycles. The van der Waals surface area contributed by atoms with Gasteiger partial charge in [-0.25, -0.2) is 4.79 Å². The van der Waals surface area contributed by atoms with E-state index in [0.717, 1.165) is 39.0 Å². The predicted octanol–water partition coefficient (Wildman–Crippen LogP) is 1.64. The highest BCUT2D eigenvalue weighted by Gasteiger charge is 2.36. The molecule has 0 aliphatic carbocycles. The maximum absolute atomic E-state index is 11.3. The minimum Gasteiger partial charge on any atom is -0.453 e. The molecule has 0 saturated carbocycles. The van der Waals surface area contributed by atoms with E-state index in [0.29, 0.717) is 5.41 Å². The van der Waals surface area contributed by atoms with Gasteiger partial charge in [-0.3, -0.25) is 0 Å². The number of carbonyl (C=O) groups excluding carboxylic acids is 1. The number of nitrogens with one attached hydrogen (secondary N) is 1. The normalized spacial score (nSPS) is 23.7. The number of methoxy groups -OCH3 is 1. The summed E-state index contributed by atoms with van der Waals surface area (Å²) < 4.78 is 4.74. The van der Waals surface area contributed by atoms with Crippen molar-refractivity contribution in [3.63, 3.8) is 0 Å². The van der Waals surface area contributed by atoms with Crippen molar-refractivity contribution >= 4 is 18.5 Å². The maximum atomic E-state index is 11.3. The molecule has 0 bridgehead atoms. The first-order chi connectivity index (χ1) is 7.26. The summed E-state index contributed by atoms with van der Waals surface area (Å²) >= 11 is 0. The van der Waals surface area contributed by atoms with Crippen molar-refractivity contribution in [2.75, 3.05) is 33.3 Å². The molecule has 16 heavy (non-hydrogen) atoms. The molecule has 0 radical (unpaired) electrons. The Labute approximate surface area is 103 Å². The van der Waals surface area contributed by atoms with Crippen molar-refractivity contribution in [1.82, 2.24) is 10.2 Å². The number of halogens is 1. The summed E-state index contributed by atoms with van der Waals surface area (Å²) in [4.78, 5) is 13.2. The molecule has 0 atom stereocenters. The van der Waals surface area contributed by atoms with Crippen molar-refractivity contribution < 1.29 is 9.53 Å². The van der Waals surface area contributed by atoms with Gasteiger partial charge < -0.3 is 15.0 Å². The molecule has 4 nitrogen and oxygen atoms in total. The number of hydrogen-bond donors (Lipinski definition) is 1. The summed E-state index contributed by atoms with van der Waals surface area (Å²) in [5.41, 5.74) is 0.510. The van der Waals surface area contributed by atoms with Gasteiger partial charge in [-0.15, -0.1) is 12.4 Å². The van der Waals surface area contributed by atoms with E-state index in [1.54, 1.807) is 0 Å². The molecule has 0 aromatic rings. The van der Waals surface area contributed by atoms with Gasteiger partial charge in [-0.2, -0.15) is 0 Å². The lowest BCUT2D eigenvalue weighted by Crippen LogP contribution is -2.47. The van der Waals surface area contributed by atoms with Crippen molar-refractivity contribution in [2.45, 2.75) is 25.7 Å². The SMILES string of the molecule is COC(=O)N1CCC2(CCNCC2)CC1.Cl. The summed E-state index contributed by atoms with van der Waals surface area (Å²) in [7, 11) is 1.46. The second kappa shape index (κ2) is 5.73. The van der Waals surface area contributed by atoms with Crippen LogP contribution in [-0.4, -0.2) is 44.3 Å². The van der Waals surface area contributed by atoms with Crippen LogP contribution in [0.3, 0.4) is 0 Å². The second-order valence-electron chi connectivity index (χ2n) is 4.71. The summed E-state index contributed by atoms with van der Waals surface area (Å²) in [5, 5.41) is 3.40. The molecule has 94 valence electrons. The van der Waals surface area contributed by atoms with Gasteiger partial charge in [0, 0.05) is 13.1 Å².